The highest BCUT2D eigenvalue weighted by atomic mass is 35.5. The largest absolute Gasteiger partial charge is 0.481 e. The van der Waals surface area contributed by atoms with Crippen LogP contribution in [0.5, 0.6) is 0 Å². The zero-order valence-corrected chi connectivity index (χ0v) is 11.3. The molecule has 1 unspecified atom stereocenters. The Morgan fingerprint density at radius 1 is 1.56 bits per heavy atom. The maximum atomic E-state index is 11.6. The van der Waals surface area contributed by atoms with Crippen LogP contribution in [-0.2, 0) is 11.2 Å². The van der Waals surface area contributed by atoms with Gasteiger partial charge in [0.1, 0.15) is 0 Å². The Morgan fingerprint density at radius 2 is 2.33 bits per heavy atom. The van der Waals surface area contributed by atoms with E-state index in [1.54, 1.807) is 0 Å². The second-order valence-electron chi connectivity index (χ2n) is 5.14. The molecule has 0 aliphatic carbocycles. The maximum absolute atomic E-state index is 11.6. The zero-order chi connectivity index (χ0) is 13.2. The van der Waals surface area contributed by atoms with E-state index in [1.165, 1.54) is 0 Å². The molecule has 18 heavy (non-hydrogen) atoms. The summed E-state index contributed by atoms with van der Waals surface area (Å²) >= 11 is 6.20. The summed E-state index contributed by atoms with van der Waals surface area (Å²) in [5, 5.41) is 13.4. The first-order chi connectivity index (χ1) is 8.53. The van der Waals surface area contributed by atoms with Gasteiger partial charge in [-0.2, -0.15) is 0 Å². The van der Waals surface area contributed by atoms with E-state index in [4.69, 9.17) is 11.6 Å². The average molecular weight is 268 g/mol. The Morgan fingerprint density at radius 3 is 2.89 bits per heavy atom. The SMILES string of the molecule is Cc1ccc(CC2(C(=O)O)CCCNC2)c(Cl)c1. The van der Waals surface area contributed by atoms with Gasteiger partial charge >= 0.3 is 5.97 Å². The number of aryl methyl sites for hydroxylation is 1. The lowest BCUT2D eigenvalue weighted by atomic mass is 9.76. The van der Waals surface area contributed by atoms with E-state index in [2.05, 4.69) is 5.32 Å². The highest BCUT2D eigenvalue weighted by Crippen LogP contribution is 2.33. The summed E-state index contributed by atoms with van der Waals surface area (Å²) in [5.74, 6) is -0.730. The fourth-order valence-electron chi connectivity index (χ4n) is 2.54. The maximum Gasteiger partial charge on any atom is 0.311 e. The molecule has 0 amide bonds. The van der Waals surface area contributed by atoms with Crippen molar-refractivity contribution in [1.29, 1.82) is 0 Å². The van der Waals surface area contributed by atoms with Gasteiger partial charge in [0.15, 0.2) is 0 Å². The van der Waals surface area contributed by atoms with Crippen molar-refractivity contribution in [3.63, 3.8) is 0 Å². The van der Waals surface area contributed by atoms with Crippen LogP contribution in [0.25, 0.3) is 0 Å². The third-order valence-electron chi connectivity index (χ3n) is 3.66. The summed E-state index contributed by atoms with van der Waals surface area (Å²) in [7, 11) is 0. The van der Waals surface area contributed by atoms with E-state index in [9.17, 15) is 9.90 Å². The van der Waals surface area contributed by atoms with Crippen molar-refractivity contribution in [3.8, 4) is 0 Å². The fourth-order valence-corrected chi connectivity index (χ4v) is 2.84. The van der Waals surface area contributed by atoms with Crippen molar-refractivity contribution in [1.82, 2.24) is 5.32 Å². The van der Waals surface area contributed by atoms with Crippen molar-refractivity contribution in [2.75, 3.05) is 13.1 Å². The summed E-state index contributed by atoms with van der Waals surface area (Å²) in [6, 6.07) is 5.81. The molecule has 1 aromatic carbocycles. The van der Waals surface area contributed by atoms with Gasteiger partial charge in [-0.15, -0.1) is 0 Å². The number of piperidine rings is 1. The minimum Gasteiger partial charge on any atom is -0.481 e. The molecule has 3 nitrogen and oxygen atoms in total. The standard InChI is InChI=1S/C14H18ClNO2/c1-10-3-4-11(12(15)7-10)8-14(13(17)18)5-2-6-16-9-14/h3-4,7,16H,2,5-6,8-9H2,1H3,(H,17,18). The molecule has 0 radical (unpaired) electrons. The second-order valence-corrected chi connectivity index (χ2v) is 5.54. The molecule has 1 saturated heterocycles. The summed E-state index contributed by atoms with van der Waals surface area (Å²) in [6.07, 6.45) is 2.10. The molecule has 2 rings (SSSR count). The molecular weight excluding hydrogens is 250 g/mol. The van der Waals surface area contributed by atoms with Crippen LogP contribution < -0.4 is 5.32 Å². The number of halogens is 1. The van der Waals surface area contributed by atoms with Gasteiger partial charge in [0, 0.05) is 11.6 Å². The molecule has 98 valence electrons. The van der Waals surface area contributed by atoms with Gasteiger partial charge in [0.25, 0.3) is 0 Å². The summed E-state index contributed by atoms with van der Waals surface area (Å²) < 4.78 is 0. The number of carbonyl (C=O) groups is 1. The monoisotopic (exact) mass is 267 g/mol. The number of benzene rings is 1. The smallest absolute Gasteiger partial charge is 0.311 e. The van der Waals surface area contributed by atoms with Crippen LogP contribution in [-0.4, -0.2) is 24.2 Å². The molecule has 1 aliphatic rings. The first kappa shape index (κ1) is 13.4. The predicted molar refractivity (Wildman–Crippen MR) is 72.1 cm³/mol. The molecule has 2 N–H and O–H groups in total. The van der Waals surface area contributed by atoms with Crippen molar-refractivity contribution in [2.24, 2.45) is 5.41 Å². The zero-order valence-electron chi connectivity index (χ0n) is 10.5. The Kier molecular flexibility index (Phi) is 3.93. The lowest BCUT2D eigenvalue weighted by molar-refractivity contribution is -0.150. The number of nitrogens with one attached hydrogen (secondary N) is 1. The van der Waals surface area contributed by atoms with E-state index in [1.807, 2.05) is 25.1 Å². The van der Waals surface area contributed by atoms with Crippen molar-refractivity contribution >= 4 is 17.6 Å². The lowest BCUT2D eigenvalue weighted by Gasteiger charge is -2.34. The molecule has 0 saturated carbocycles. The van der Waals surface area contributed by atoms with E-state index in [0.29, 0.717) is 24.4 Å². The van der Waals surface area contributed by atoms with Crippen molar-refractivity contribution in [3.05, 3.63) is 34.3 Å². The Balaban J connectivity index is 2.26. The predicted octanol–water partition coefficient (Wildman–Crippen LogP) is 2.65. The molecule has 1 aromatic rings. The van der Waals surface area contributed by atoms with Gasteiger partial charge in [-0.25, -0.2) is 0 Å². The van der Waals surface area contributed by atoms with Crippen LogP contribution in [0.3, 0.4) is 0 Å². The normalized spacial score (nSPS) is 23.9. The molecule has 1 aliphatic heterocycles. The highest BCUT2D eigenvalue weighted by Gasteiger charge is 2.40. The Bertz CT molecular complexity index is 453. The molecular formula is C14H18ClNO2. The number of rotatable bonds is 3. The number of hydrogen-bond acceptors (Lipinski definition) is 2. The molecule has 1 atom stereocenters. The van der Waals surface area contributed by atoms with Gasteiger partial charge < -0.3 is 10.4 Å². The quantitative estimate of drug-likeness (QED) is 0.885. The van der Waals surface area contributed by atoms with Crippen LogP contribution in [0, 0.1) is 12.3 Å². The summed E-state index contributed by atoms with van der Waals surface area (Å²) in [4.78, 5) is 11.6. The second kappa shape index (κ2) is 5.29. The van der Waals surface area contributed by atoms with Crippen LogP contribution in [0.4, 0.5) is 0 Å². The van der Waals surface area contributed by atoms with E-state index in [0.717, 1.165) is 24.1 Å². The van der Waals surface area contributed by atoms with Crippen LogP contribution >= 0.6 is 11.6 Å². The molecule has 1 heterocycles. The third kappa shape index (κ3) is 2.68. The van der Waals surface area contributed by atoms with Crippen molar-refractivity contribution < 1.29 is 9.90 Å². The topological polar surface area (TPSA) is 49.3 Å². The fraction of sp³-hybridized carbons (Fsp3) is 0.500. The summed E-state index contributed by atoms with van der Waals surface area (Å²) in [6.45, 7) is 3.40. The van der Waals surface area contributed by atoms with Crippen LogP contribution in [0.15, 0.2) is 18.2 Å². The molecule has 0 bridgehead atoms. The van der Waals surface area contributed by atoms with Crippen molar-refractivity contribution in [2.45, 2.75) is 26.2 Å². The van der Waals surface area contributed by atoms with Crippen LogP contribution in [0.2, 0.25) is 5.02 Å². The number of hydrogen-bond donors (Lipinski definition) is 2. The average Bonchev–Trinajstić information content (AvgIpc) is 2.34. The van der Waals surface area contributed by atoms with Gasteiger partial charge in [-0.05, 0) is 49.9 Å². The molecule has 0 spiro atoms. The molecule has 1 fully saturated rings. The van der Waals surface area contributed by atoms with Gasteiger partial charge in [0.05, 0.1) is 5.41 Å². The third-order valence-corrected chi connectivity index (χ3v) is 4.02. The summed E-state index contributed by atoms with van der Waals surface area (Å²) in [5.41, 5.74) is 1.31. The number of aliphatic carboxylic acids is 1. The van der Waals surface area contributed by atoms with E-state index in [-0.39, 0.29) is 0 Å². The molecule has 4 heteroatoms. The molecule has 0 aromatic heterocycles. The van der Waals surface area contributed by atoms with Crippen LogP contribution in [0.1, 0.15) is 24.0 Å². The highest BCUT2D eigenvalue weighted by molar-refractivity contribution is 6.31. The van der Waals surface area contributed by atoms with Gasteiger partial charge in [0.2, 0.25) is 0 Å². The van der Waals surface area contributed by atoms with Gasteiger partial charge in [-0.3, -0.25) is 4.79 Å². The van der Waals surface area contributed by atoms with E-state index >= 15 is 0 Å². The minimum atomic E-state index is -0.730. The Hall–Kier alpha value is -1.06. The lowest BCUT2D eigenvalue weighted by Crippen LogP contribution is -2.47. The first-order valence-electron chi connectivity index (χ1n) is 6.23. The van der Waals surface area contributed by atoms with Gasteiger partial charge in [-0.1, -0.05) is 23.7 Å². The number of carboxylic acids is 1. The Labute approximate surface area is 112 Å². The van der Waals surface area contributed by atoms with E-state index < -0.39 is 11.4 Å². The first-order valence-corrected chi connectivity index (χ1v) is 6.60. The minimum absolute atomic E-state index is 0.494. The number of carboxylic acid groups (broad SMARTS) is 1.